The zero-order valence-electron chi connectivity index (χ0n) is 17.7. The summed E-state index contributed by atoms with van der Waals surface area (Å²) >= 11 is 0. The van der Waals surface area contributed by atoms with Crippen molar-refractivity contribution in [3.63, 3.8) is 0 Å². The zero-order chi connectivity index (χ0) is 21.5. The largest absolute Gasteiger partial charge is 0.493 e. The molecule has 2 fully saturated rings. The second-order valence-electron chi connectivity index (χ2n) is 7.91. The summed E-state index contributed by atoms with van der Waals surface area (Å²) in [6.07, 6.45) is 7.30. The molecule has 4 amide bonds. The second-order valence-corrected chi connectivity index (χ2v) is 7.91. The van der Waals surface area contributed by atoms with E-state index < -0.39 is 12.1 Å². The fourth-order valence-corrected chi connectivity index (χ4v) is 4.08. The van der Waals surface area contributed by atoms with Crippen molar-refractivity contribution in [3.8, 4) is 11.5 Å². The van der Waals surface area contributed by atoms with E-state index in [1.807, 2.05) is 0 Å². The van der Waals surface area contributed by atoms with Gasteiger partial charge in [-0.2, -0.15) is 0 Å². The third kappa shape index (κ3) is 5.43. The minimum absolute atomic E-state index is 0.0534. The number of nitrogens with zero attached hydrogens (tertiary/aromatic N) is 1. The van der Waals surface area contributed by atoms with E-state index in [2.05, 4.69) is 10.6 Å². The van der Waals surface area contributed by atoms with Crippen LogP contribution in [0.4, 0.5) is 4.79 Å². The lowest BCUT2D eigenvalue weighted by atomic mass is 10.1. The molecule has 8 nitrogen and oxygen atoms in total. The van der Waals surface area contributed by atoms with Gasteiger partial charge in [-0.25, -0.2) is 4.79 Å². The number of ether oxygens (including phenoxy) is 2. The van der Waals surface area contributed by atoms with Gasteiger partial charge in [0.25, 0.3) is 5.91 Å². The molecule has 0 bridgehead atoms. The molecular weight excluding hydrogens is 386 g/mol. The number of amides is 4. The molecule has 2 N–H and O–H groups in total. The summed E-state index contributed by atoms with van der Waals surface area (Å²) in [5.41, 5.74) is 0.753. The molecule has 1 aliphatic heterocycles. The Morgan fingerprint density at radius 1 is 1.10 bits per heavy atom. The van der Waals surface area contributed by atoms with E-state index in [4.69, 9.17) is 9.47 Å². The van der Waals surface area contributed by atoms with Gasteiger partial charge < -0.3 is 20.1 Å². The fourth-order valence-electron chi connectivity index (χ4n) is 4.08. The normalized spacial score (nSPS) is 19.9. The first-order valence-corrected chi connectivity index (χ1v) is 10.6. The van der Waals surface area contributed by atoms with Crippen LogP contribution in [0.5, 0.6) is 11.5 Å². The molecule has 2 aliphatic rings. The lowest BCUT2D eigenvalue weighted by Crippen LogP contribution is -2.36. The van der Waals surface area contributed by atoms with Crippen LogP contribution in [-0.2, 0) is 16.1 Å². The Morgan fingerprint density at radius 3 is 2.47 bits per heavy atom. The first-order chi connectivity index (χ1) is 14.5. The highest BCUT2D eigenvalue weighted by molar-refractivity contribution is 6.04. The first-order valence-electron chi connectivity index (χ1n) is 10.6. The predicted molar refractivity (Wildman–Crippen MR) is 111 cm³/mol. The van der Waals surface area contributed by atoms with Crippen molar-refractivity contribution in [2.24, 2.45) is 0 Å². The molecule has 0 aromatic heterocycles. The summed E-state index contributed by atoms with van der Waals surface area (Å²) in [6, 6.07) is 4.39. The van der Waals surface area contributed by atoms with Gasteiger partial charge in [0.2, 0.25) is 5.91 Å². The number of nitrogens with one attached hydrogen (secondary N) is 2. The van der Waals surface area contributed by atoms with E-state index >= 15 is 0 Å². The highest BCUT2D eigenvalue weighted by atomic mass is 16.5. The number of carbonyl (C=O) groups excluding carboxylic acids is 3. The third-order valence-electron chi connectivity index (χ3n) is 5.78. The van der Waals surface area contributed by atoms with Gasteiger partial charge in [0, 0.05) is 12.5 Å². The van der Waals surface area contributed by atoms with Crippen molar-refractivity contribution in [2.75, 3.05) is 14.2 Å². The van der Waals surface area contributed by atoms with Crippen LogP contribution in [0.3, 0.4) is 0 Å². The van der Waals surface area contributed by atoms with Gasteiger partial charge in [0.05, 0.1) is 20.8 Å². The standard InChI is InChI=1S/C22H31N3O5/c1-29-18-11-9-15(13-19(18)30-2)14-25-21(27)17(24-22(25)28)10-12-20(26)23-16-7-5-3-4-6-8-16/h9,11,13,16-17H,3-8,10,12,14H2,1-2H3,(H,23,26)(H,24,28)/t17-/m0/s1. The van der Waals surface area contributed by atoms with Gasteiger partial charge >= 0.3 is 6.03 Å². The molecule has 1 saturated heterocycles. The van der Waals surface area contributed by atoms with Crippen molar-refractivity contribution >= 4 is 17.8 Å². The molecule has 1 atom stereocenters. The van der Waals surface area contributed by atoms with Crippen LogP contribution < -0.4 is 20.1 Å². The van der Waals surface area contributed by atoms with E-state index in [1.54, 1.807) is 25.3 Å². The third-order valence-corrected chi connectivity index (χ3v) is 5.78. The monoisotopic (exact) mass is 417 g/mol. The topological polar surface area (TPSA) is 97.0 Å². The van der Waals surface area contributed by atoms with Crippen molar-refractivity contribution in [1.29, 1.82) is 0 Å². The maximum Gasteiger partial charge on any atom is 0.325 e. The number of methoxy groups -OCH3 is 2. The average Bonchev–Trinajstić information content (AvgIpc) is 2.92. The summed E-state index contributed by atoms with van der Waals surface area (Å²) in [6.45, 7) is 0.135. The lowest BCUT2D eigenvalue weighted by Gasteiger charge is -2.17. The number of hydrogen-bond donors (Lipinski definition) is 2. The molecule has 0 radical (unpaired) electrons. The quantitative estimate of drug-likeness (QED) is 0.501. The molecule has 1 aliphatic carbocycles. The maximum absolute atomic E-state index is 12.7. The van der Waals surface area contributed by atoms with E-state index in [0.717, 1.165) is 31.2 Å². The Balaban J connectivity index is 1.52. The Bertz CT molecular complexity index is 774. The van der Waals surface area contributed by atoms with Crippen LogP contribution in [0, 0.1) is 0 Å². The summed E-state index contributed by atoms with van der Waals surface area (Å²) in [4.78, 5) is 38.5. The minimum atomic E-state index is -0.669. The molecule has 1 heterocycles. The Labute approximate surface area is 177 Å². The van der Waals surface area contributed by atoms with E-state index in [1.165, 1.54) is 24.9 Å². The summed E-state index contributed by atoms with van der Waals surface area (Å²) in [7, 11) is 3.08. The van der Waals surface area contributed by atoms with Gasteiger partial charge in [-0.05, 0) is 37.0 Å². The predicted octanol–water partition coefficient (Wildman–Crippen LogP) is 2.74. The molecule has 164 valence electrons. The van der Waals surface area contributed by atoms with Crippen molar-refractivity contribution in [3.05, 3.63) is 23.8 Å². The molecular formula is C22H31N3O5. The molecule has 30 heavy (non-hydrogen) atoms. The Hall–Kier alpha value is -2.77. The van der Waals surface area contributed by atoms with E-state index in [-0.39, 0.29) is 30.8 Å². The number of hydrogen-bond acceptors (Lipinski definition) is 5. The number of imide groups is 1. The number of rotatable bonds is 8. The van der Waals surface area contributed by atoms with Gasteiger partial charge in [0.15, 0.2) is 11.5 Å². The SMILES string of the molecule is COc1ccc(CN2C(=O)N[C@@H](CCC(=O)NC3CCCCCC3)C2=O)cc1OC. The van der Waals surface area contributed by atoms with Crippen LogP contribution in [0.1, 0.15) is 56.9 Å². The van der Waals surface area contributed by atoms with Gasteiger partial charge in [-0.15, -0.1) is 0 Å². The molecule has 3 rings (SSSR count). The first kappa shape index (κ1) is 21.9. The highest BCUT2D eigenvalue weighted by Gasteiger charge is 2.38. The number of carbonyl (C=O) groups is 3. The van der Waals surface area contributed by atoms with Gasteiger partial charge in [-0.1, -0.05) is 31.7 Å². The maximum atomic E-state index is 12.7. The second kappa shape index (κ2) is 10.3. The lowest BCUT2D eigenvalue weighted by molar-refractivity contribution is -0.128. The molecule has 1 aromatic carbocycles. The van der Waals surface area contributed by atoms with Crippen LogP contribution in [-0.4, -0.2) is 49.0 Å². The highest BCUT2D eigenvalue weighted by Crippen LogP contribution is 2.28. The van der Waals surface area contributed by atoms with Crippen LogP contribution in [0.15, 0.2) is 18.2 Å². The molecule has 1 aromatic rings. The minimum Gasteiger partial charge on any atom is -0.493 e. The molecule has 1 saturated carbocycles. The van der Waals surface area contributed by atoms with Gasteiger partial charge in [0.1, 0.15) is 6.04 Å². The summed E-state index contributed by atoms with van der Waals surface area (Å²) < 4.78 is 10.5. The van der Waals surface area contributed by atoms with E-state index in [0.29, 0.717) is 17.9 Å². The smallest absolute Gasteiger partial charge is 0.325 e. The zero-order valence-corrected chi connectivity index (χ0v) is 17.7. The molecule has 8 heteroatoms. The van der Waals surface area contributed by atoms with Crippen LogP contribution in [0.2, 0.25) is 0 Å². The number of benzene rings is 1. The number of urea groups is 1. The van der Waals surface area contributed by atoms with Crippen molar-refractivity contribution in [1.82, 2.24) is 15.5 Å². The Morgan fingerprint density at radius 2 is 1.80 bits per heavy atom. The summed E-state index contributed by atoms with van der Waals surface area (Å²) in [5, 5.41) is 5.78. The fraction of sp³-hybridized carbons (Fsp3) is 0.591. The van der Waals surface area contributed by atoms with Crippen molar-refractivity contribution < 1.29 is 23.9 Å². The van der Waals surface area contributed by atoms with Crippen molar-refractivity contribution in [2.45, 2.75) is 70.0 Å². The molecule has 0 spiro atoms. The Kier molecular flexibility index (Phi) is 7.54. The average molecular weight is 418 g/mol. The van der Waals surface area contributed by atoms with Gasteiger partial charge in [-0.3, -0.25) is 14.5 Å². The van der Waals surface area contributed by atoms with E-state index in [9.17, 15) is 14.4 Å². The summed E-state index contributed by atoms with van der Waals surface area (Å²) in [5.74, 6) is 0.754. The van der Waals surface area contributed by atoms with Crippen LogP contribution in [0.25, 0.3) is 0 Å². The molecule has 0 unspecified atom stereocenters. The van der Waals surface area contributed by atoms with Crippen LogP contribution >= 0.6 is 0 Å².